The van der Waals surface area contributed by atoms with E-state index in [-0.39, 0.29) is 98.8 Å². The van der Waals surface area contributed by atoms with E-state index in [1.54, 1.807) is 14.0 Å². The molecule has 0 spiro atoms. The fourth-order valence-corrected chi connectivity index (χ4v) is 1.05. The van der Waals surface area contributed by atoms with Gasteiger partial charge in [0.1, 0.15) is 5.78 Å². The molecule has 0 saturated heterocycles. The van der Waals surface area contributed by atoms with Gasteiger partial charge in [0.05, 0.1) is 12.6 Å². The summed E-state index contributed by atoms with van der Waals surface area (Å²) in [5, 5.41) is 2.84. The Balaban J connectivity index is -0.0000000480. The van der Waals surface area contributed by atoms with Crippen molar-refractivity contribution in [1.29, 1.82) is 0 Å². The van der Waals surface area contributed by atoms with Crippen molar-refractivity contribution in [3.05, 3.63) is 0 Å². The monoisotopic (exact) mass is 391 g/mol. The summed E-state index contributed by atoms with van der Waals surface area (Å²) in [5.41, 5.74) is 0. The van der Waals surface area contributed by atoms with Crippen molar-refractivity contribution in [2.45, 2.75) is 32.7 Å². The molecule has 0 aliphatic heterocycles. The Bertz CT molecular complexity index is 197. The van der Waals surface area contributed by atoms with Gasteiger partial charge in [0.2, 0.25) is 0 Å². The first-order chi connectivity index (χ1) is 6.11. The molecule has 0 fully saturated rings. The van der Waals surface area contributed by atoms with Crippen LogP contribution in [-0.2, 0) is 14.3 Å². The van der Waals surface area contributed by atoms with Gasteiger partial charge in [0.15, 0.2) is 0 Å². The van der Waals surface area contributed by atoms with E-state index in [4.69, 9.17) is 4.74 Å². The third kappa shape index (κ3) is 24.6. The molecule has 4 nitrogen and oxygen atoms in total. The van der Waals surface area contributed by atoms with Crippen molar-refractivity contribution in [3.8, 4) is 0 Å². The quantitative estimate of drug-likeness (QED) is 0.691. The molecule has 0 aliphatic rings. The van der Waals surface area contributed by atoms with Gasteiger partial charge in [-0.25, -0.2) is 0 Å². The second-order valence-corrected chi connectivity index (χ2v) is 2.80. The zero-order valence-electron chi connectivity index (χ0n) is 11.4. The van der Waals surface area contributed by atoms with Crippen LogP contribution in [0.5, 0.6) is 0 Å². The minimum Gasteiger partial charge on any atom is -0.466 e. The lowest BCUT2D eigenvalue weighted by molar-refractivity contribution is -0.143. The number of Topliss-reactive ketones (excluding diaryl/α,β-unsaturated/α-hetero) is 1. The summed E-state index contributed by atoms with van der Waals surface area (Å²) in [4.78, 5) is 21.9. The Morgan fingerprint density at radius 1 is 1.05 bits per heavy atom. The number of ether oxygens (including phenoxy) is 1. The molecule has 0 saturated carbocycles. The van der Waals surface area contributed by atoms with Crippen LogP contribution in [0, 0.1) is 0 Å². The van der Waals surface area contributed by atoms with E-state index in [0.29, 0.717) is 19.4 Å². The van der Waals surface area contributed by atoms with Gasteiger partial charge in [-0.3, -0.25) is 9.59 Å². The minimum atomic E-state index is -0.246. The van der Waals surface area contributed by atoms with E-state index in [1.165, 1.54) is 6.92 Å². The Morgan fingerprint density at radius 2 is 1.47 bits per heavy atom. The standard InChI is InChI=1S/C9H17NO3.6H2S/c1-4-13-9(12)6-5-8(10-3)7(2)11;;;;;;/h8,10H,4-6H2,1-3H3;6*1H2. The third-order valence-electron chi connectivity index (χ3n) is 1.78. The summed E-state index contributed by atoms with van der Waals surface area (Å²) in [6, 6.07) is -0.232. The van der Waals surface area contributed by atoms with Gasteiger partial charge >= 0.3 is 5.97 Å². The molecule has 0 radical (unpaired) electrons. The van der Waals surface area contributed by atoms with E-state index in [2.05, 4.69) is 5.32 Å². The Hall–Kier alpha value is 1.20. The topological polar surface area (TPSA) is 55.4 Å². The number of likely N-dealkylation sites (N-methyl/N-ethyl adjacent to an activating group) is 1. The van der Waals surface area contributed by atoms with Crippen molar-refractivity contribution in [2.75, 3.05) is 13.7 Å². The molecule has 1 atom stereocenters. The second kappa shape index (κ2) is 27.5. The molecule has 0 rings (SSSR count). The van der Waals surface area contributed by atoms with Crippen LogP contribution in [0.1, 0.15) is 26.7 Å². The first kappa shape index (κ1) is 42.7. The Morgan fingerprint density at radius 3 is 1.74 bits per heavy atom. The summed E-state index contributed by atoms with van der Waals surface area (Å²) in [7, 11) is 1.71. The van der Waals surface area contributed by atoms with Crippen molar-refractivity contribution >= 4 is 92.7 Å². The molecule has 0 aromatic carbocycles. The smallest absolute Gasteiger partial charge is 0.305 e. The van der Waals surface area contributed by atoms with E-state index in [1.807, 2.05) is 0 Å². The maximum Gasteiger partial charge on any atom is 0.305 e. The normalized spacial score (nSPS) is 8.37. The van der Waals surface area contributed by atoms with E-state index in [9.17, 15) is 9.59 Å². The van der Waals surface area contributed by atoms with Crippen molar-refractivity contribution in [1.82, 2.24) is 5.32 Å². The molecule has 1 N–H and O–H groups in total. The largest absolute Gasteiger partial charge is 0.466 e. The molecule has 0 aliphatic carbocycles. The van der Waals surface area contributed by atoms with Crippen molar-refractivity contribution < 1.29 is 14.3 Å². The van der Waals surface area contributed by atoms with Crippen LogP contribution in [0.15, 0.2) is 0 Å². The fraction of sp³-hybridized carbons (Fsp3) is 0.778. The number of nitrogens with one attached hydrogen (secondary N) is 1. The predicted octanol–water partition coefficient (Wildman–Crippen LogP) is 1.18. The van der Waals surface area contributed by atoms with Crippen LogP contribution >= 0.6 is 81.0 Å². The highest BCUT2D eigenvalue weighted by Crippen LogP contribution is 1.99. The summed E-state index contributed by atoms with van der Waals surface area (Å²) < 4.78 is 4.74. The molecule has 0 bridgehead atoms. The van der Waals surface area contributed by atoms with Gasteiger partial charge in [-0.15, -0.1) is 0 Å². The molecule has 0 heterocycles. The minimum absolute atomic E-state index is 0. The average molecular weight is 392 g/mol. The lowest BCUT2D eigenvalue weighted by Gasteiger charge is -2.11. The van der Waals surface area contributed by atoms with E-state index >= 15 is 0 Å². The number of esters is 1. The van der Waals surface area contributed by atoms with Gasteiger partial charge in [0.25, 0.3) is 0 Å². The van der Waals surface area contributed by atoms with E-state index in [0.717, 1.165) is 0 Å². The van der Waals surface area contributed by atoms with Crippen LogP contribution in [0.2, 0.25) is 0 Å². The third-order valence-corrected chi connectivity index (χ3v) is 1.78. The summed E-state index contributed by atoms with van der Waals surface area (Å²) in [6.45, 7) is 3.66. The highest BCUT2D eigenvalue weighted by molar-refractivity contribution is 7.60. The molecule has 19 heavy (non-hydrogen) atoms. The van der Waals surface area contributed by atoms with Gasteiger partial charge < -0.3 is 10.1 Å². The maximum atomic E-state index is 10.9. The number of rotatable bonds is 6. The van der Waals surface area contributed by atoms with Gasteiger partial charge in [-0.2, -0.15) is 81.0 Å². The van der Waals surface area contributed by atoms with Crippen molar-refractivity contribution in [2.24, 2.45) is 0 Å². The lowest BCUT2D eigenvalue weighted by Crippen LogP contribution is -2.32. The zero-order chi connectivity index (χ0) is 10.3. The maximum absolute atomic E-state index is 10.9. The second-order valence-electron chi connectivity index (χ2n) is 2.80. The van der Waals surface area contributed by atoms with Crippen LogP contribution in [0.25, 0.3) is 0 Å². The van der Waals surface area contributed by atoms with Crippen molar-refractivity contribution in [3.63, 3.8) is 0 Å². The molecule has 0 aromatic rings. The highest BCUT2D eigenvalue weighted by atomic mass is 32.1. The van der Waals surface area contributed by atoms with Gasteiger partial charge in [0, 0.05) is 6.42 Å². The van der Waals surface area contributed by atoms with E-state index < -0.39 is 0 Å². The summed E-state index contributed by atoms with van der Waals surface area (Å²) in [6.07, 6.45) is 0.795. The molecule has 10 heteroatoms. The SMILES string of the molecule is CCOC(=O)CCC(NC)C(C)=O.S.S.S.S.S.S. The number of hydrogen-bond acceptors (Lipinski definition) is 4. The molecular weight excluding hydrogens is 363 g/mol. The highest BCUT2D eigenvalue weighted by Gasteiger charge is 2.13. The first-order valence-electron chi connectivity index (χ1n) is 4.45. The summed E-state index contributed by atoms with van der Waals surface area (Å²) in [5.74, 6) is -0.198. The van der Waals surface area contributed by atoms with Gasteiger partial charge in [-0.05, 0) is 27.3 Å². The van der Waals surface area contributed by atoms with Crippen LogP contribution in [-0.4, -0.2) is 31.4 Å². The van der Waals surface area contributed by atoms with Crippen LogP contribution in [0.3, 0.4) is 0 Å². The molecule has 0 amide bonds. The van der Waals surface area contributed by atoms with Gasteiger partial charge in [-0.1, -0.05) is 0 Å². The Labute approximate surface area is 158 Å². The average Bonchev–Trinajstić information content (AvgIpc) is 2.05. The van der Waals surface area contributed by atoms with Crippen LogP contribution < -0.4 is 5.32 Å². The lowest BCUT2D eigenvalue weighted by atomic mass is 10.1. The fourth-order valence-electron chi connectivity index (χ4n) is 1.05. The Kier molecular flexibility index (Phi) is 61.9. The summed E-state index contributed by atoms with van der Waals surface area (Å²) >= 11 is 0. The number of hydrogen-bond donors (Lipinski definition) is 1. The molecule has 1 unspecified atom stereocenters. The number of carbonyl (C=O) groups excluding carboxylic acids is 2. The van der Waals surface area contributed by atoms with Crippen LogP contribution in [0.4, 0.5) is 0 Å². The zero-order valence-corrected chi connectivity index (χ0v) is 17.4. The molecule has 124 valence electrons. The number of ketones is 1. The predicted molar refractivity (Wildman–Crippen MR) is 112 cm³/mol. The molecule has 0 aromatic heterocycles. The molecular formula is C9H29NO3S6. The first-order valence-corrected chi connectivity index (χ1v) is 4.45. The number of carbonyl (C=O) groups is 2.